The SMILES string of the molecule is Cc1[nH]c2ccccc2c1N=Nc1ccc2cc(S(=O)(=O)O)c(N=Nc3ccc(N=Nc4ccc(N)c5ccc(S(=O)(=O)O)cc45)c4cc(S(=O)(=O)O)ccc34)c(O)c2c1. The third-order valence-electron chi connectivity index (χ3n) is 9.50. The summed E-state index contributed by atoms with van der Waals surface area (Å²) in [5, 5.41) is 38.9. The molecule has 0 atom stereocenters. The first-order valence-electron chi connectivity index (χ1n) is 17.3. The van der Waals surface area contributed by atoms with E-state index >= 15 is 0 Å². The monoisotopic (exact) mass is 864 g/mol. The molecule has 8 rings (SSSR count). The molecule has 18 nitrogen and oxygen atoms in total. The normalized spacial score (nSPS) is 13.0. The van der Waals surface area contributed by atoms with Crippen LogP contribution in [0.2, 0.25) is 0 Å². The van der Waals surface area contributed by atoms with Gasteiger partial charge in [0.25, 0.3) is 30.4 Å². The molecule has 0 amide bonds. The van der Waals surface area contributed by atoms with Crippen LogP contribution in [0.1, 0.15) is 5.69 Å². The molecule has 0 saturated heterocycles. The van der Waals surface area contributed by atoms with Gasteiger partial charge in [-0.1, -0.05) is 36.4 Å². The van der Waals surface area contributed by atoms with E-state index < -0.39 is 56.5 Å². The Hall–Kier alpha value is -7.01. The average Bonchev–Trinajstić information content (AvgIpc) is 3.52. The Kier molecular flexibility index (Phi) is 9.73. The zero-order valence-corrected chi connectivity index (χ0v) is 33.1. The van der Waals surface area contributed by atoms with Gasteiger partial charge in [0.15, 0.2) is 5.75 Å². The first kappa shape index (κ1) is 39.8. The summed E-state index contributed by atoms with van der Waals surface area (Å²) in [6.07, 6.45) is 0. The minimum atomic E-state index is -5.00. The Balaban J connectivity index is 1.23. The van der Waals surface area contributed by atoms with E-state index in [1.165, 1.54) is 54.6 Å². The Morgan fingerprint density at radius 2 is 1.08 bits per heavy atom. The van der Waals surface area contributed by atoms with Crippen molar-refractivity contribution in [2.24, 2.45) is 30.7 Å². The number of aryl methyl sites for hydroxylation is 1. The summed E-state index contributed by atoms with van der Waals surface area (Å²) in [5.74, 6) is -0.666. The van der Waals surface area contributed by atoms with Crippen molar-refractivity contribution in [3.05, 3.63) is 115 Å². The molecule has 0 fully saturated rings. The lowest BCUT2D eigenvalue weighted by Gasteiger charge is -2.10. The molecule has 1 aromatic heterocycles. The summed E-state index contributed by atoms with van der Waals surface area (Å²) in [4.78, 5) is 1.52. The number of para-hydroxylation sites is 1. The number of phenolic OH excluding ortho intramolecular Hbond substituents is 1. The molecule has 0 saturated carbocycles. The van der Waals surface area contributed by atoms with E-state index in [-0.39, 0.29) is 49.7 Å². The highest BCUT2D eigenvalue weighted by atomic mass is 32.2. The zero-order chi connectivity index (χ0) is 42.7. The van der Waals surface area contributed by atoms with Crippen molar-refractivity contribution in [3.63, 3.8) is 0 Å². The van der Waals surface area contributed by atoms with Gasteiger partial charge in [-0.05, 0) is 85.1 Å². The number of nitrogens with one attached hydrogen (secondary N) is 1. The van der Waals surface area contributed by atoms with Crippen LogP contribution in [0.4, 0.5) is 39.8 Å². The van der Waals surface area contributed by atoms with Crippen LogP contribution in [0, 0.1) is 6.92 Å². The number of anilines is 1. The largest absolute Gasteiger partial charge is 0.505 e. The number of nitrogen functional groups attached to an aromatic ring is 1. The molecule has 0 aliphatic carbocycles. The Morgan fingerprint density at radius 1 is 0.517 bits per heavy atom. The Morgan fingerprint density at radius 3 is 1.73 bits per heavy atom. The Labute approximate surface area is 339 Å². The molecule has 0 unspecified atom stereocenters. The Bertz CT molecular complexity index is 3570. The van der Waals surface area contributed by atoms with Gasteiger partial charge in [-0.3, -0.25) is 13.7 Å². The molecule has 0 bridgehead atoms. The lowest BCUT2D eigenvalue weighted by Crippen LogP contribution is -1.99. The van der Waals surface area contributed by atoms with E-state index in [2.05, 4.69) is 35.7 Å². The fourth-order valence-corrected chi connectivity index (χ4v) is 8.28. The lowest BCUT2D eigenvalue weighted by atomic mass is 10.1. The van der Waals surface area contributed by atoms with Crippen molar-refractivity contribution in [2.75, 3.05) is 5.73 Å². The molecule has 0 aliphatic heterocycles. The number of rotatable bonds is 9. The first-order chi connectivity index (χ1) is 28.4. The van der Waals surface area contributed by atoms with E-state index in [0.29, 0.717) is 16.8 Å². The fourth-order valence-electron chi connectivity index (χ4n) is 6.61. The minimum absolute atomic E-state index is 0.000925. The van der Waals surface area contributed by atoms with Gasteiger partial charge >= 0.3 is 0 Å². The summed E-state index contributed by atoms with van der Waals surface area (Å²) in [7, 11) is -14.3. The maximum atomic E-state index is 12.6. The van der Waals surface area contributed by atoms with Crippen LogP contribution in [0.15, 0.2) is 155 Å². The molecule has 7 N–H and O–H groups in total. The maximum Gasteiger partial charge on any atom is 0.296 e. The van der Waals surface area contributed by atoms with Gasteiger partial charge in [-0.25, -0.2) is 0 Å². The van der Waals surface area contributed by atoms with Crippen LogP contribution in [0.3, 0.4) is 0 Å². The standard InChI is InChI=1S/C39H28N8O10S3/c1-20-37(27-4-2-3-5-32(27)41-20)46-42-22-7-6-21-16-36(60(55,56)57)38(39(48)28(21)17-22)47-45-33-14-15-35(30-19-24(59(52,53)54)9-11-26(30)33)44-43-34-13-12-31(40)25-10-8-23(18-29(25)34)58(49,50)51/h2-19,41,48H,40H2,1H3,(H,49,50,51)(H,52,53,54)(H,55,56,57). The summed E-state index contributed by atoms with van der Waals surface area (Å²) < 4.78 is 103. The average molecular weight is 865 g/mol. The minimum Gasteiger partial charge on any atom is -0.505 e. The third kappa shape index (κ3) is 7.54. The number of aromatic hydroxyl groups is 1. The fraction of sp³-hybridized carbons (Fsp3) is 0.0256. The number of nitrogens with zero attached hydrogens (tertiary/aromatic N) is 6. The smallest absolute Gasteiger partial charge is 0.296 e. The van der Waals surface area contributed by atoms with Crippen molar-refractivity contribution in [2.45, 2.75) is 21.6 Å². The lowest BCUT2D eigenvalue weighted by molar-refractivity contribution is 0.472. The molecular formula is C39H28N8O10S3. The number of aromatic amines is 1. The number of phenols is 1. The van der Waals surface area contributed by atoms with Gasteiger partial charge in [-0.2, -0.15) is 30.4 Å². The number of benzene rings is 7. The third-order valence-corrected chi connectivity index (χ3v) is 12.1. The maximum absolute atomic E-state index is 12.6. The predicted octanol–water partition coefficient (Wildman–Crippen LogP) is 10.2. The van der Waals surface area contributed by atoms with Crippen molar-refractivity contribution in [1.29, 1.82) is 0 Å². The number of hydrogen-bond acceptors (Lipinski definition) is 14. The second-order valence-corrected chi connectivity index (χ2v) is 17.6. The molecular weight excluding hydrogens is 837 g/mol. The quantitative estimate of drug-likeness (QED) is 0.0450. The van der Waals surface area contributed by atoms with Crippen LogP contribution < -0.4 is 5.73 Å². The number of nitrogens with two attached hydrogens (primary N) is 1. The van der Waals surface area contributed by atoms with Crippen LogP contribution in [-0.4, -0.2) is 49.0 Å². The molecule has 1 heterocycles. The second-order valence-electron chi connectivity index (χ2n) is 13.3. The molecule has 60 heavy (non-hydrogen) atoms. The van der Waals surface area contributed by atoms with Crippen molar-refractivity contribution in [1.82, 2.24) is 4.98 Å². The van der Waals surface area contributed by atoms with Crippen molar-refractivity contribution in [3.8, 4) is 5.75 Å². The van der Waals surface area contributed by atoms with Gasteiger partial charge in [0.2, 0.25) is 0 Å². The van der Waals surface area contributed by atoms with Crippen LogP contribution in [0.5, 0.6) is 5.75 Å². The zero-order valence-electron chi connectivity index (χ0n) is 30.6. The number of fused-ring (bicyclic) bond motifs is 4. The van der Waals surface area contributed by atoms with Gasteiger partial charge in [0.05, 0.1) is 32.5 Å². The van der Waals surface area contributed by atoms with Crippen LogP contribution >= 0.6 is 0 Å². The number of H-pyrrole nitrogens is 1. The van der Waals surface area contributed by atoms with Crippen molar-refractivity contribution < 1.29 is 44.0 Å². The van der Waals surface area contributed by atoms with E-state index in [0.717, 1.165) is 40.9 Å². The highest BCUT2D eigenvalue weighted by molar-refractivity contribution is 7.86. The molecule has 7 aromatic carbocycles. The molecule has 0 radical (unpaired) electrons. The van der Waals surface area contributed by atoms with Gasteiger partial charge in [0, 0.05) is 49.2 Å². The second kappa shape index (κ2) is 14.7. The number of azo groups is 3. The molecule has 302 valence electrons. The van der Waals surface area contributed by atoms with E-state index in [4.69, 9.17) is 5.73 Å². The predicted molar refractivity (Wildman–Crippen MR) is 223 cm³/mol. The van der Waals surface area contributed by atoms with Crippen LogP contribution in [0.25, 0.3) is 43.2 Å². The summed E-state index contributed by atoms with van der Waals surface area (Å²) in [6, 6.07) is 25.9. The molecule has 21 heteroatoms. The van der Waals surface area contributed by atoms with Gasteiger partial charge in [0.1, 0.15) is 16.3 Å². The highest BCUT2D eigenvalue weighted by Crippen LogP contribution is 2.44. The molecule has 0 spiro atoms. The number of aromatic nitrogens is 1. The van der Waals surface area contributed by atoms with E-state index in [1.807, 2.05) is 31.2 Å². The molecule has 0 aliphatic rings. The summed E-state index contributed by atoms with van der Waals surface area (Å²) in [6.45, 7) is 1.85. The summed E-state index contributed by atoms with van der Waals surface area (Å²) >= 11 is 0. The molecule has 8 aromatic rings. The van der Waals surface area contributed by atoms with Gasteiger partial charge in [-0.15, -0.1) is 25.6 Å². The van der Waals surface area contributed by atoms with Gasteiger partial charge < -0.3 is 15.8 Å². The van der Waals surface area contributed by atoms with Crippen molar-refractivity contribution >= 4 is 113 Å². The number of hydrogen-bond donors (Lipinski definition) is 6. The van der Waals surface area contributed by atoms with Crippen LogP contribution in [-0.2, 0) is 30.4 Å². The highest BCUT2D eigenvalue weighted by Gasteiger charge is 2.23. The van der Waals surface area contributed by atoms with E-state index in [9.17, 15) is 44.0 Å². The topological polar surface area (TPSA) is 299 Å². The van der Waals surface area contributed by atoms with E-state index in [1.54, 1.807) is 6.07 Å². The first-order valence-corrected chi connectivity index (χ1v) is 21.6. The summed E-state index contributed by atoms with van der Waals surface area (Å²) in [5.41, 5.74) is 8.41.